The van der Waals surface area contributed by atoms with Gasteiger partial charge < -0.3 is 16.0 Å². The molecular formula is C19H23ClN4O2. The number of nitrogens with one attached hydrogen (secondary N) is 3. The number of pyridine rings is 1. The van der Waals surface area contributed by atoms with Crippen molar-refractivity contribution in [1.82, 2.24) is 15.6 Å². The summed E-state index contributed by atoms with van der Waals surface area (Å²) in [7, 11) is 0. The topological polar surface area (TPSA) is 83.1 Å². The number of benzene rings is 1. The Balaban J connectivity index is 1.93. The van der Waals surface area contributed by atoms with Gasteiger partial charge in [-0.3, -0.25) is 9.78 Å². The summed E-state index contributed by atoms with van der Waals surface area (Å²) in [5.41, 5.74) is 1.50. The molecular weight excluding hydrogens is 352 g/mol. The zero-order valence-electron chi connectivity index (χ0n) is 14.8. The van der Waals surface area contributed by atoms with E-state index in [2.05, 4.69) is 20.9 Å². The summed E-state index contributed by atoms with van der Waals surface area (Å²) in [4.78, 5) is 28.7. The molecule has 2 aromatic rings. The molecule has 0 unspecified atom stereocenters. The summed E-state index contributed by atoms with van der Waals surface area (Å²) < 4.78 is 0. The molecule has 0 spiro atoms. The molecule has 138 valence electrons. The highest BCUT2D eigenvalue weighted by atomic mass is 35.5. The van der Waals surface area contributed by atoms with Crippen LogP contribution in [0.2, 0.25) is 5.02 Å². The first-order valence-corrected chi connectivity index (χ1v) is 8.81. The van der Waals surface area contributed by atoms with E-state index in [4.69, 9.17) is 11.6 Å². The average Bonchev–Trinajstić information content (AvgIpc) is 2.61. The number of hydrogen-bond donors (Lipinski definition) is 3. The van der Waals surface area contributed by atoms with E-state index < -0.39 is 12.1 Å². The van der Waals surface area contributed by atoms with Crippen LogP contribution in [0.4, 0.5) is 10.5 Å². The molecule has 0 saturated heterocycles. The number of hydrogen-bond acceptors (Lipinski definition) is 3. The molecule has 1 atom stereocenters. The number of urea groups is 1. The molecule has 3 N–H and O–H groups in total. The summed E-state index contributed by atoms with van der Waals surface area (Å²) in [6, 6.07) is 9.39. The van der Waals surface area contributed by atoms with Crippen molar-refractivity contribution in [3.05, 3.63) is 59.4 Å². The average molecular weight is 375 g/mol. The van der Waals surface area contributed by atoms with Gasteiger partial charge in [-0.15, -0.1) is 0 Å². The highest BCUT2D eigenvalue weighted by Crippen LogP contribution is 2.13. The summed E-state index contributed by atoms with van der Waals surface area (Å²) in [6.45, 7) is 4.36. The molecule has 0 radical (unpaired) electrons. The van der Waals surface area contributed by atoms with Crippen molar-refractivity contribution < 1.29 is 9.59 Å². The summed E-state index contributed by atoms with van der Waals surface area (Å²) in [5, 5.41) is 8.87. The van der Waals surface area contributed by atoms with E-state index in [1.165, 1.54) is 0 Å². The molecule has 0 aliphatic rings. The van der Waals surface area contributed by atoms with Gasteiger partial charge in [-0.25, -0.2) is 4.79 Å². The minimum Gasteiger partial charge on any atom is -0.350 e. The van der Waals surface area contributed by atoms with Crippen LogP contribution < -0.4 is 16.0 Å². The fraction of sp³-hybridized carbons (Fsp3) is 0.316. The van der Waals surface area contributed by atoms with Crippen LogP contribution in [0.3, 0.4) is 0 Å². The smallest absolute Gasteiger partial charge is 0.319 e. The van der Waals surface area contributed by atoms with Crippen molar-refractivity contribution in [3.8, 4) is 0 Å². The summed E-state index contributed by atoms with van der Waals surface area (Å²) in [5.74, 6) is 0.0220. The second-order valence-electron chi connectivity index (χ2n) is 6.37. The molecule has 7 heteroatoms. The van der Waals surface area contributed by atoms with Crippen LogP contribution in [0.1, 0.15) is 25.8 Å². The van der Waals surface area contributed by atoms with Crippen LogP contribution in [0, 0.1) is 5.92 Å². The minimum atomic E-state index is -0.626. The number of amides is 3. The second kappa shape index (κ2) is 9.77. The van der Waals surface area contributed by atoms with Gasteiger partial charge in [0.2, 0.25) is 5.91 Å². The van der Waals surface area contributed by atoms with E-state index in [1.54, 1.807) is 36.7 Å². The van der Waals surface area contributed by atoms with Gasteiger partial charge in [0.25, 0.3) is 0 Å². The molecule has 26 heavy (non-hydrogen) atoms. The number of carbonyl (C=O) groups excluding carboxylic acids is 2. The largest absolute Gasteiger partial charge is 0.350 e. The highest BCUT2D eigenvalue weighted by Gasteiger charge is 2.21. The third-order valence-electron chi connectivity index (χ3n) is 3.62. The predicted octanol–water partition coefficient (Wildman–Crippen LogP) is 3.59. The summed E-state index contributed by atoms with van der Waals surface area (Å²) >= 11 is 5.83. The lowest BCUT2D eigenvalue weighted by atomic mass is 10.0. The maximum atomic E-state index is 12.5. The van der Waals surface area contributed by atoms with Crippen molar-refractivity contribution in [3.63, 3.8) is 0 Å². The first-order valence-electron chi connectivity index (χ1n) is 8.43. The minimum absolute atomic E-state index is 0.228. The lowest BCUT2D eigenvalue weighted by molar-refractivity contribution is -0.123. The number of aromatic nitrogens is 1. The van der Waals surface area contributed by atoms with E-state index in [-0.39, 0.29) is 11.8 Å². The zero-order chi connectivity index (χ0) is 18.9. The predicted molar refractivity (Wildman–Crippen MR) is 103 cm³/mol. The van der Waals surface area contributed by atoms with Crippen molar-refractivity contribution >= 4 is 29.2 Å². The third-order valence-corrected chi connectivity index (χ3v) is 3.87. The Morgan fingerprint density at radius 2 is 1.88 bits per heavy atom. The van der Waals surface area contributed by atoms with Gasteiger partial charge in [0.15, 0.2) is 0 Å². The molecule has 1 aromatic carbocycles. The Morgan fingerprint density at radius 3 is 2.50 bits per heavy atom. The van der Waals surface area contributed by atoms with Crippen LogP contribution in [0.25, 0.3) is 0 Å². The Labute approximate surface area is 158 Å². The van der Waals surface area contributed by atoms with Gasteiger partial charge in [-0.05, 0) is 48.2 Å². The van der Waals surface area contributed by atoms with Gasteiger partial charge >= 0.3 is 6.03 Å². The van der Waals surface area contributed by atoms with E-state index in [1.807, 2.05) is 26.0 Å². The van der Waals surface area contributed by atoms with Crippen LogP contribution in [-0.4, -0.2) is 23.0 Å². The standard InChI is InChI=1S/C19H23ClN4O2/c1-13(2)10-17(18(25)22-12-14-4-3-9-21-11-14)24-19(26)23-16-7-5-15(20)6-8-16/h3-9,11,13,17H,10,12H2,1-2H3,(H,22,25)(H2,23,24,26)/t17-/m1/s1. The van der Waals surface area contributed by atoms with Crippen LogP contribution in [0.15, 0.2) is 48.8 Å². The lowest BCUT2D eigenvalue weighted by Gasteiger charge is -2.20. The van der Waals surface area contributed by atoms with Crippen molar-refractivity contribution in [2.24, 2.45) is 5.92 Å². The third kappa shape index (κ3) is 6.72. The number of nitrogens with zero attached hydrogens (tertiary/aromatic N) is 1. The maximum absolute atomic E-state index is 12.5. The molecule has 0 aliphatic heterocycles. The van der Waals surface area contributed by atoms with Crippen LogP contribution >= 0.6 is 11.6 Å². The Kier molecular flexibility index (Phi) is 7.41. The number of halogens is 1. The molecule has 6 nitrogen and oxygen atoms in total. The molecule has 1 heterocycles. The summed E-state index contributed by atoms with van der Waals surface area (Å²) in [6.07, 6.45) is 3.90. The first-order chi connectivity index (χ1) is 12.4. The lowest BCUT2D eigenvalue weighted by Crippen LogP contribution is -2.48. The molecule has 0 saturated carbocycles. The molecule has 0 fully saturated rings. The van der Waals surface area contributed by atoms with E-state index in [0.29, 0.717) is 23.7 Å². The molecule has 2 rings (SSSR count). The van der Waals surface area contributed by atoms with Crippen molar-refractivity contribution in [2.75, 3.05) is 5.32 Å². The molecule has 3 amide bonds. The van der Waals surface area contributed by atoms with Gasteiger partial charge in [-0.2, -0.15) is 0 Å². The number of rotatable bonds is 7. The van der Waals surface area contributed by atoms with Crippen LogP contribution in [0.5, 0.6) is 0 Å². The second-order valence-corrected chi connectivity index (χ2v) is 6.80. The van der Waals surface area contributed by atoms with E-state index in [9.17, 15) is 9.59 Å². The van der Waals surface area contributed by atoms with Gasteiger partial charge in [0.05, 0.1) is 0 Å². The van der Waals surface area contributed by atoms with Crippen molar-refractivity contribution in [2.45, 2.75) is 32.9 Å². The maximum Gasteiger partial charge on any atom is 0.319 e. The van der Waals surface area contributed by atoms with Gasteiger partial charge in [-0.1, -0.05) is 31.5 Å². The highest BCUT2D eigenvalue weighted by molar-refractivity contribution is 6.30. The number of carbonyl (C=O) groups is 2. The normalized spacial score (nSPS) is 11.7. The zero-order valence-corrected chi connectivity index (χ0v) is 15.6. The van der Waals surface area contributed by atoms with Crippen molar-refractivity contribution in [1.29, 1.82) is 0 Å². The first kappa shape index (κ1) is 19.7. The Bertz CT molecular complexity index is 720. The SMILES string of the molecule is CC(C)C[C@@H](NC(=O)Nc1ccc(Cl)cc1)C(=O)NCc1cccnc1. The molecule has 0 aliphatic carbocycles. The van der Waals surface area contributed by atoms with Gasteiger partial charge in [0, 0.05) is 29.6 Å². The fourth-order valence-electron chi connectivity index (χ4n) is 2.38. The number of anilines is 1. The van der Waals surface area contributed by atoms with Gasteiger partial charge in [0.1, 0.15) is 6.04 Å². The van der Waals surface area contributed by atoms with Crippen LogP contribution in [-0.2, 0) is 11.3 Å². The Morgan fingerprint density at radius 1 is 1.15 bits per heavy atom. The fourth-order valence-corrected chi connectivity index (χ4v) is 2.50. The quantitative estimate of drug-likeness (QED) is 0.692. The van der Waals surface area contributed by atoms with E-state index in [0.717, 1.165) is 5.56 Å². The molecule has 1 aromatic heterocycles. The molecule has 0 bridgehead atoms. The van der Waals surface area contributed by atoms with E-state index >= 15 is 0 Å². The monoisotopic (exact) mass is 374 g/mol. The Hall–Kier alpha value is -2.60.